The fraction of sp³-hybridized carbons (Fsp3) is 0.538. The highest BCUT2D eigenvalue weighted by Crippen LogP contribution is 2.24. The van der Waals surface area contributed by atoms with E-state index in [4.69, 9.17) is 5.11 Å². The molecule has 0 spiro atoms. The maximum Gasteiger partial charge on any atom is 0.323 e. The predicted octanol–water partition coefficient (Wildman–Crippen LogP) is 1.49. The molecule has 0 radical (unpaired) electrons. The van der Waals surface area contributed by atoms with Crippen LogP contribution in [0.15, 0.2) is 18.3 Å². The van der Waals surface area contributed by atoms with Gasteiger partial charge < -0.3 is 15.0 Å². The summed E-state index contributed by atoms with van der Waals surface area (Å²) in [6.07, 6.45) is 4.76. The smallest absolute Gasteiger partial charge is 0.323 e. The summed E-state index contributed by atoms with van der Waals surface area (Å²) in [5.41, 5.74) is 0.414. The zero-order chi connectivity index (χ0) is 13.1. The molecule has 0 aliphatic heterocycles. The van der Waals surface area contributed by atoms with Crippen LogP contribution in [0.3, 0.4) is 0 Å². The lowest BCUT2D eigenvalue weighted by molar-refractivity contribution is -0.137. The van der Waals surface area contributed by atoms with Gasteiger partial charge in [0.15, 0.2) is 0 Å². The summed E-state index contributed by atoms with van der Waals surface area (Å²) < 4.78 is 1.45. The molecule has 2 N–H and O–H groups in total. The van der Waals surface area contributed by atoms with E-state index in [0.717, 1.165) is 19.3 Å². The van der Waals surface area contributed by atoms with Crippen molar-refractivity contribution in [1.29, 1.82) is 0 Å². The zero-order valence-electron chi connectivity index (χ0n) is 10.4. The average Bonchev–Trinajstić information content (AvgIpc) is 2.87. The number of rotatable bonds is 4. The Hall–Kier alpha value is -1.78. The van der Waals surface area contributed by atoms with E-state index < -0.39 is 5.97 Å². The number of hydrogen-bond acceptors (Lipinski definition) is 2. The number of nitrogens with zero attached hydrogens (tertiary/aromatic N) is 1. The van der Waals surface area contributed by atoms with E-state index in [2.05, 4.69) is 12.2 Å². The van der Waals surface area contributed by atoms with E-state index in [1.165, 1.54) is 4.57 Å². The summed E-state index contributed by atoms with van der Waals surface area (Å²) in [5.74, 6) is -0.476. The van der Waals surface area contributed by atoms with Crippen molar-refractivity contribution in [1.82, 2.24) is 9.88 Å². The summed E-state index contributed by atoms with van der Waals surface area (Å²) >= 11 is 0. The highest BCUT2D eigenvalue weighted by molar-refractivity contribution is 5.93. The number of aliphatic carboxylic acids is 1. The predicted molar refractivity (Wildman–Crippen MR) is 66.3 cm³/mol. The molecule has 1 fully saturated rings. The molecule has 1 aliphatic rings. The van der Waals surface area contributed by atoms with Crippen molar-refractivity contribution in [2.24, 2.45) is 5.92 Å². The maximum absolute atomic E-state index is 12.0. The second-order valence-electron chi connectivity index (χ2n) is 5.00. The minimum Gasteiger partial charge on any atom is -0.480 e. The standard InChI is InChI=1S/C13H18N2O3/c1-9-4-5-10(7-9)14-13(18)11-3-2-6-15(11)8-12(16)17/h2-3,6,9-10H,4-5,7-8H2,1H3,(H,14,18)(H,16,17). The van der Waals surface area contributed by atoms with Crippen molar-refractivity contribution >= 4 is 11.9 Å². The Morgan fingerprint density at radius 2 is 2.28 bits per heavy atom. The maximum atomic E-state index is 12.0. The van der Waals surface area contributed by atoms with Gasteiger partial charge in [-0.2, -0.15) is 0 Å². The summed E-state index contributed by atoms with van der Waals surface area (Å²) in [7, 11) is 0. The van der Waals surface area contributed by atoms with Gasteiger partial charge in [0.2, 0.25) is 0 Å². The molecule has 0 saturated heterocycles. The second-order valence-corrected chi connectivity index (χ2v) is 5.00. The number of carbonyl (C=O) groups excluding carboxylic acids is 1. The lowest BCUT2D eigenvalue weighted by Gasteiger charge is -2.13. The van der Waals surface area contributed by atoms with Crippen molar-refractivity contribution in [3.8, 4) is 0 Å². The normalized spacial score (nSPS) is 22.9. The van der Waals surface area contributed by atoms with Crippen LogP contribution in [0.5, 0.6) is 0 Å². The summed E-state index contributed by atoms with van der Waals surface area (Å²) in [4.78, 5) is 22.7. The third-order valence-corrected chi connectivity index (χ3v) is 3.40. The first-order chi connectivity index (χ1) is 8.56. The quantitative estimate of drug-likeness (QED) is 0.850. The molecule has 5 heteroatoms. The molecule has 1 heterocycles. The lowest BCUT2D eigenvalue weighted by atomic mass is 10.1. The zero-order valence-corrected chi connectivity index (χ0v) is 10.4. The van der Waals surface area contributed by atoms with Crippen molar-refractivity contribution in [3.05, 3.63) is 24.0 Å². The van der Waals surface area contributed by atoms with Crippen LogP contribution in [0, 0.1) is 5.92 Å². The van der Waals surface area contributed by atoms with Gasteiger partial charge in [0, 0.05) is 12.2 Å². The first kappa shape index (κ1) is 12.7. The molecule has 2 atom stereocenters. The number of nitrogens with one attached hydrogen (secondary N) is 1. The van der Waals surface area contributed by atoms with Crippen molar-refractivity contribution in [2.75, 3.05) is 0 Å². The van der Waals surface area contributed by atoms with Crippen LogP contribution in [0.1, 0.15) is 36.7 Å². The van der Waals surface area contributed by atoms with E-state index >= 15 is 0 Å². The number of carboxylic acid groups (broad SMARTS) is 1. The first-order valence-electron chi connectivity index (χ1n) is 6.24. The Morgan fingerprint density at radius 3 is 2.89 bits per heavy atom. The highest BCUT2D eigenvalue weighted by Gasteiger charge is 2.24. The van der Waals surface area contributed by atoms with E-state index in [1.54, 1.807) is 18.3 Å². The van der Waals surface area contributed by atoms with Crippen LogP contribution >= 0.6 is 0 Å². The molecule has 1 saturated carbocycles. The van der Waals surface area contributed by atoms with Crippen LogP contribution in [-0.2, 0) is 11.3 Å². The molecule has 1 amide bonds. The summed E-state index contributed by atoms with van der Waals surface area (Å²) in [5, 5.41) is 11.7. The topological polar surface area (TPSA) is 71.3 Å². The Labute approximate surface area is 106 Å². The minimum atomic E-state index is -0.949. The molecule has 2 rings (SSSR count). The Bertz CT molecular complexity index is 453. The lowest BCUT2D eigenvalue weighted by Crippen LogP contribution is -2.34. The van der Waals surface area contributed by atoms with Crippen LogP contribution in [0.25, 0.3) is 0 Å². The third-order valence-electron chi connectivity index (χ3n) is 3.40. The van der Waals surface area contributed by atoms with Gasteiger partial charge in [0.1, 0.15) is 12.2 Å². The highest BCUT2D eigenvalue weighted by atomic mass is 16.4. The molecule has 0 aromatic carbocycles. The molecule has 1 aromatic heterocycles. The fourth-order valence-corrected chi connectivity index (χ4v) is 2.50. The molecular formula is C13H18N2O3. The van der Waals surface area contributed by atoms with Crippen LogP contribution in [0.2, 0.25) is 0 Å². The molecule has 0 bridgehead atoms. The molecule has 5 nitrogen and oxygen atoms in total. The van der Waals surface area contributed by atoms with Gasteiger partial charge in [-0.1, -0.05) is 6.92 Å². The van der Waals surface area contributed by atoms with Gasteiger partial charge in [-0.05, 0) is 37.3 Å². The molecule has 98 valence electrons. The molecule has 1 aliphatic carbocycles. The van der Waals surface area contributed by atoms with Gasteiger partial charge in [0.25, 0.3) is 5.91 Å². The van der Waals surface area contributed by atoms with Crippen molar-refractivity contribution < 1.29 is 14.7 Å². The molecule has 18 heavy (non-hydrogen) atoms. The fourth-order valence-electron chi connectivity index (χ4n) is 2.50. The molecule has 2 unspecified atom stereocenters. The molecule has 1 aromatic rings. The van der Waals surface area contributed by atoms with E-state index in [9.17, 15) is 9.59 Å². The van der Waals surface area contributed by atoms with E-state index in [0.29, 0.717) is 11.6 Å². The Balaban J connectivity index is 2.00. The van der Waals surface area contributed by atoms with Crippen LogP contribution in [-0.4, -0.2) is 27.6 Å². The van der Waals surface area contributed by atoms with Crippen molar-refractivity contribution in [3.63, 3.8) is 0 Å². The minimum absolute atomic E-state index is 0.180. The largest absolute Gasteiger partial charge is 0.480 e. The van der Waals surface area contributed by atoms with E-state index in [-0.39, 0.29) is 18.5 Å². The monoisotopic (exact) mass is 250 g/mol. The number of carbonyl (C=O) groups is 2. The summed E-state index contributed by atoms with van der Waals surface area (Å²) in [6, 6.07) is 3.56. The number of carboxylic acids is 1. The van der Waals surface area contributed by atoms with Crippen molar-refractivity contribution in [2.45, 2.75) is 38.8 Å². The Kier molecular flexibility index (Phi) is 3.69. The van der Waals surface area contributed by atoms with E-state index in [1.807, 2.05) is 0 Å². The number of aromatic nitrogens is 1. The SMILES string of the molecule is CC1CCC(NC(=O)c2cccn2CC(=O)O)C1. The van der Waals surface area contributed by atoms with Crippen LogP contribution in [0.4, 0.5) is 0 Å². The third kappa shape index (κ3) is 2.91. The van der Waals surface area contributed by atoms with Gasteiger partial charge in [0.05, 0.1) is 0 Å². The second kappa shape index (κ2) is 5.25. The van der Waals surface area contributed by atoms with Gasteiger partial charge >= 0.3 is 5.97 Å². The summed E-state index contributed by atoms with van der Waals surface area (Å²) in [6.45, 7) is 2.00. The van der Waals surface area contributed by atoms with Gasteiger partial charge in [-0.25, -0.2) is 0 Å². The van der Waals surface area contributed by atoms with Gasteiger partial charge in [-0.15, -0.1) is 0 Å². The van der Waals surface area contributed by atoms with Crippen LogP contribution < -0.4 is 5.32 Å². The number of hydrogen-bond donors (Lipinski definition) is 2. The molecular weight excluding hydrogens is 232 g/mol. The first-order valence-corrected chi connectivity index (χ1v) is 6.24. The average molecular weight is 250 g/mol. The van der Waals surface area contributed by atoms with Gasteiger partial charge in [-0.3, -0.25) is 9.59 Å². The number of amides is 1. The Morgan fingerprint density at radius 1 is 1.50 bits per heavy atom.